The van der Waals surface area contributed by atoms with E-state index in [-0.39, 0.29) is 42.9 Å². The summed E-state index contributed by atoms with van der Waals surface area (Å²) in [7, 11) is 0. The van der Waals surface area contributed by atoms with Crippen LogP contribution < -0.4 is 15.4 Å². The summed E-state index contributed by atoms with van der Waals surface area (Å²) in [5, 5.41) is 60.1. The van der Waals surface area contributed by atoms with Gasteiger partial charge >= 0.3 is 11.9 Å². The summed E-state index contributed by atoms with van der Waals surface area (Å²) in [6.07, 6.45) is -11.4. The SMILES string of the molecule is CCCCCC(=O)OC[C@H]1O[C@@H](O[C@H]2[C@H](Oc3ccc([C@@H]4CC(=O)NCCCN(C(=O)[C@@H](C)CC)C[C@H](OC(C)=O)CCN4)cc3)O[C@@H](C)[C@H](O)[C@H]2O)[C@H](O)[C@@H](O)[C@@H]1O. The van der Waals surface area contributed by atoms with Gasteiger partial charge in [0.15, 0.2) is 12.4 Å². The second kappa shape index (κ2) is 23.5. The summed E-state index contributed by atoms with van der Waals surface area (Å²) in [6.45, 7) is 9.55. The lowest BCUT2D eigenvalue weighted by atomic mass is 9.97. The first kappa shape index (κ1) is 48.2. The van der Waals surface area contributed by atoms with Crippen LogP contribution in [-0.2, 0) is 42.9 Å². The van der Waals surface area contributed by atoms with Crippen LogP contribution in [0.2, 0.25) is 0 Å². The molecule has 0 aromatic heterocycles. The van der Waals surface area contributed by atoms with E-state index in [1.54, 1.807) is 29.2 Å². The van der Waals surface area contributed by atoms with Gasteiger partial charge < -0.3 is 69.5 Å². The maximum Gasteiger partial charge on any atom is 0.305 e. The summed E-state index contributed by atoms with van der Waals surface area (Å²) in [5.74, 6) is -1.15. The molecule has 13 atom stereocenters. The number of aliphatic hydroxyl groups excluding tert-OH is 5. The number of rotatable bonds is 14. The van der Waals surface area contributed by atoms with E-state index in [0.717, 1.165) is 18.4 Å². The summed E-state index contributed by atoms with van der Waals surface area (Å²) in [5.41, 5.74) is 0.726. The van der Waals surface area contributed by atoms with Crippen molar-refractivity contribution in [2.75, 3.05) is 32.8 Å². The smallest absolute Gasteiger partial charge is 0.305 e. The van der Waals surface area contributed by atoms with Crippen molar-refractivity contribution < 1.29 is 73.1 Å². The number of ether oxygens (including phenoxy) is 6. The van der Waals surface area contributed by atoms with Crippen LogP contribution in [0.25, 0.3) is 0 Å². The van der Waals surface area contributed by atoms with Gasteiger partial charge in [0.05, 0.1) is 12.6 Å². The van der Waals surface area contributed by atoms with Crippen LogP contribution in [0.5, 0.6) is 5.75 Å². The second-order valence-corrected chi connectivity index (χ2v) is 15.7. The Labute approximate surface area is 345 Å². The Morgan fingerprint density at radius 3 is 2.34 bits per heavy atom. The third-order valence-electron chi connectivity index (χ3n) is 10.9. The van der Waals surface area contributed by atoms with E-state index in [0.29, 0.717) is 45.3 Å². The number of benzene rings is 1. The molecule has 18 nitrogen and oxygen atoms in total. The molecule has 0 spiro atoms. The van der Waals surface area contributed by atoms with E-state index in [9.17, 15) is 44.7 Å². The predicted octanol–water partition coefficient (Wildman–Crippen LogP) is 0.586. The number of esters is 2. The first-order valence-electron chi connectivity index (χ1n) is 20.9. The Hall–Kier alpha value is -3.46. The minimum absolute atomic E-state index is 0.0320. The van der Waals surface area contributed by atoms with Crippen molar-refractivity contribution in [3.8, 4) is 5.75 Å². The van der Waals surface area contributed by atoms with Crippen LogP contribution in [-0.4, -0.2) is 154 Å². The van der Waals surface area contributed by atoms with Crippen LogP contribution in [0.1, 0.15) is 97.6 Å². The molecule has 18 heteroatoms. The molecule has 0 aliphatic carbocycles. The molecule has 3 aliphatic rings. The van der Waals surface area contributed by atoms with E-state index in [4.69, 9.17) is 28.4 Å². The monoisotopic (exact) mass is 839 g/mol. The van der Waals surface area contributed by atoms with E-state index in [1.807, 2.05) is 20.8 Å². The van der Waals surface area contributed by atoms with Crippen molar-refractivity contribution in [2.24, 2.45) is 5.92 Å². The number of aliphatic hydroxyl groups is 5. The number of nitrogens with zero attached hydrogens (tertiary/aromatic N) is 1. The van der Waals surface area contributed by atoms with Crippen LogP contribution in [0.4, 0.5) is 0 Å². The summed E-state index contributed by atoms with van der Waals surface area (Å²) in [4.78, 5) is 52.2. The predicted molar refractivity (Wildman–Crippen MR) is 209 cm³/mol. The Morgan fingerprint density at radius 2 is 1.66 bits per heavy atom. The molecule has 2 amide bonds. The van der Waals surface area contributed by atoms with Gasteiger partial charge in [-0.1, -0.05) is 45.7 Å². The molecule has 3 fully saturated rings. The van der Waals surface area contributed by atoms with Crippen LogP contribution in [0, 0.1) is 5.92 Å². The van der Waals surface area contributed by atoms with E-state index in [1.165, 1.54) is 13.8 Å². The zero-order valence-electron chi connectivity index (χ0n) is 34.8. The van der Waals surface area contributed by atoms with Gasteiger partial charge in [0, 0.05) is 44.8 Å². The minimum atomic E-state index is -1.80. The van der Waals surface area contributed by atoms with E-state index in [2.05, 4.69) is 10.6 Å². The molecular weight excluding hydrogens is 774 g/mol. The number of hydrogen-bond acceptors (Lipinski definition) is 16. The molecule has 7 N–H and O–H groups in total. The average molecular weight is 840 g/mol. The molecule has 4 rings (SSSR count). The highest BCUT2D eigenvalue weighted by atomic mass is 16.8. The van der Waals surface area contributed by atoms with Crippen molar-refractivity contribution in [1.29, 1.82) is 0 Å². The van der Waals surface area contributed by atoms with Gasteiger partial charge in [-0.25, -0.2) is 0 Å². The Balaban J connectivity index is 1.46. The zero-order valence-corrected chi connectivity index (χ0v) is 34.8. The lowest BCUT2D eigenvalue weighted by molar-refractivity contribution is -0.355. The average Bonchev–Trinajstić information content (AvgIpc) is 3.22. The summed E-state index contributed by atoms with van der Waals surface area (Å²) in [6, 6.07) is 6.25. The lowest BCUT2D eigenvalue weighted by Gasteiger charge is -2.45. The van der Waals surface area contributed by atoms with Crippen LogP contribution in [0.3, 0.4) is 0 Å². The highest BCUT2D eigenvalue weighted by Crippen LogP contribution is 2.31. The molecule has 1 aromatic carbocycles. The van der Waals surface area contributed by atoms with Gasteiger partial charge in [0.25, 0.3) is 0 Å². The standard InChI is InChI=1S/C41H65N3O15/c1-6-8-9-11-32(47)54-22-30-34(49)35(50)37(52)40(58-30)59-38-36(51)33(48)24(4)55-41(38)57-27-14-12-26(13-15-27)29-20-31(46)43-17-10-19-44(39(53)23(3)7-2)21-28(16-18-42-29)56-25(5)45/h12-15,23-24,28-30,33-38,40-42,48-52H,6-11,16-22H2,1-5H3,(H,43,46)/t23-,24-,28+,29-,30+,33-,34+,35-,36+,37+,38+,40-,41-/m0/s1. The molecule has 0 saturated carbocycles. The van der Waals surface area contributed by atoms with Crippen LogP contribution >= 0.6 is 0 Å². The minimum Gasteiger partial charge on any atom is -0.463 e. The van der Waals surface area contributed by atoms with Crippen LogP contribution in [0.15, 0.2) is 24.3 Å². The van der Waals surface area contributed by atoms with Crippen molar-refractivity contribution in [3.63, 3.8) is 0 Å². The lowest BCUT2D eigenvalue weighted by Crippen LogP contribution is -2.64. The van der Waals surface area contributed by atoms with Crippen molar-refractivity contribution in [1.82, 2.24) is 15.5 Å². The molecule has 334 valence electrons. The molecule has 0 radical (unpaired) electrons. The summed E-state index contributed by atoms with van der Waals surface area (Å²) >= 11 is 0. The third kappa shape index (κ3) is 14.0. The highest BCUT2D eigenvalue weighted by Gasteiger charge is 2.51. The Kier molecular flexibility index (Phi) is 19.2. The maximum atomic E-state index is 13.2. The Bertz CT molecular complexity index is 1490. The normalized spacial score (nSPS) is 33.0. The van der Waals surface area contributed by atoms with Gasteiger partial charge in [0.2, 0.25) is 18.1 Å². The first-order valence-corrected chi connectivity index (χ1v) is 20.9. The number of carbonyl (C=O) groups is 4. The molecule has 3 saturated heterocycles. The fourth-order valence-corrected chi connectivity index (χ4v) is 7.17. The first-order chi connectivity index (χ1) is 28.1. The molecule has 59 heavy (non-hydrogen) atoms. The van der Waals surface area contributed by atoms with Crippen molar-refractivity contribution in [3.05, 3.63) is 29.8 Å². The van der Waals surface area contributed by atoms with Gasteiger partial charge in [-0.15, -0.1) is 0 Å². The van der Waals surface area contributed by atoms with Gasteiger partial charge in [-0.05, 0) is 56.8 Å². The van der Waals surface area contributed by atoms with Gasteiger partial charge in [0.1, 0.15) is 55.1 Å². The quantitative estimate of drug-likeness (QED) is 0.100. The van der Waals surface area contributed by atoms with E-state index >= 15 is 0 Å². The van der Waals surface area contributed by atoms with Crippen molar-refractivity contribution >= 4 is 23.8 Å². The molecule has 0 bridgehead atoms. The molecule has 1 aromatic rings. The third-order valence-corrected chi connectivity index (χ3v) is 10.9. The number of hydrogen-bond donors (Lipinski definition) is 7. The maximum absolute atomic E-state index is 13.2. The van der Waals surface area contributed by atoms with Gasteiger partial charge in [-0.2, -0.15) is 0 Å². The molecular formula is C41H65N3O15. The second-order valence-electron chi connectivity index (χ2n) is 15.7. The largest absolute Gasteiger partial charge is 0.463 e. The zero-order chi connectivity index (χ0) is 43.2. The number of amides is 2. The number of nitrogens with one attached hydrogen (secondary N) is 2. The number of unbranched alkanes of at least 4 members (excludes halogenated alkanes) is 2. The van der Waals surface area contributed by atoms with E-state index < -0.39 is 92.1 Å². The van der Waals surface area contributed by atoms with Gasteiger partial charge in [-0.3, -0.25) is 19.2 Å². The molecule has 3 aliphatic heterocycles. The fraction of sp³-hybridized carbons (Fsp3) is 0.756. The highest BCUT2D eigenvalue weighted by molar-refractivity contribution is 5.78. The Morgan fingerprint density at radius 1 is 0.932 bits per heavy atom. The summed E-state index contributed by atoms with van der Waals surface area (Å²) < 4.78 is 34.5. The molecule has 3 heterocycles. The van der Waals surface area contributed by atoms with Crippen molar-refractivity contribution in [2.45, 2.75) is 160 Å². The fourth-order valence-electron chi connectivity index (χ4n) is 7.17. The molecule has 0 unspecified atom stereocenters. The number of carbonyl (C=O) groups excluding carboxylic acids is 4. The topological polar surface area (TPSA) is 252 Å².